The molecular formula is C31H32N2O5. The molecular weight excluding hydrogens is 480 g/mol. The number of esters is 1. The molecule has 38 heavy (non-hydrogen) atoms. The van der Waals surface area contributed by atoms with Crippen molar-refractivity contribution in [1.29, 1.82) is 0 Å². The second-order valence-electron chi connectivity index (χ2n) is 11.5. The number of nitrogens with zero attached hydrogens (tertiary/aromatic N) is 1. The van der Waals surface area contributed by atoms with Crippen LogP contribution < -0.4 is 5.32 Å². The van der Waals surface area contributed by atoms with E-state index in [-0.39, 0.29) is 47.8 Å². The van der Waals surface area contributed by atoms with Gasteiger partial charge in [-0.15, -0.1) is 0 Å². The smallest absolute Gasteiger partial charge is 0.338 e. The van der Waals surface area contributed by atoms with Crippen molar-refractivity contribution in [3.8, 4) is 0 Å². The van der Waals surface area contributed by atoms with Gasteiger partial charge in [-0.1, -0.05) is 56.3 Å². The highest BCUT2D eigenvalue weighted by Gasteiger charge is 2.67. The minimum atomic E-state index is -0.964. The lowest BCUT2D eigenvalue weighted by Crippen LogP contribution is -2.49. The average molecular weight is 513 g/mol. The minimum Gasteiger partial charge on any atom is -0.462 e. The fourth-order valence-electron chi connectivity index (χ4n) is 6.67. The number of anilines is 1. The van der Waals surface area contributed by atoms with Crippen LogP contribution in [0.1, 0.15) is 36.2 Å². The Bertz CT molecular complexity index is 1270. The fraction of sp³-hybridized carbons (Fsp3) is 0.419. The first-order chi connectivity index (χ1) is 18.3. The van der Waals surface area contributed by atoms with Crippen LogP contribution in [0, 0.1) is 41.4 Å². The van der Waals surface area contributed by atoms with Crippen molar-refractivity contribution in [3.05, 3.63) is 77.9 Å². The maximum Gasteiger partial charge on any atom is 0.338 e. The van der Waals surface area contributed by atoms with Gasteiger partial charge in [0.1, 0.15) is 6.04 Å². The Morgan fingerprint density at radius 3 is 2.11 bits per heavy atom. The summed E-state index contributed by atoms with van der Waals surface area (Å²) in [6.07, 6.45) is 5.59. The topological polar surface area (TPSA) is 92.8 Å². The Morgan fingerprint density at radius 2 is 1.53 bits per heavy atom. The number of hydrogen-bond acceptors (Lipinski definition) is 5. The van der Waals surface area contributed by atoms with Crippen LogP contribution in [0.25, 0.3) is 0 Å². The number of likely N-dealkylation sites (tertiary alicyclic amines) is 1. The van der Waals surface area contributed by atoms with E-state index in [4.69, 9.17) is 4.74 Å². The zero-order valence-electron chi connectivity index (χ0n) is 21.6. The van der Waals surface area contributed by atoms with E-state index in [2.05, 4.69) is 17.5 Å². The summed E-state index contributed by atoms with van der Waals surface area (Å²) in [6.45, 7) is 4.26. The first-order valence-electron chi connectivity index (χ1n) is 13.5. The number of ether oxygens (including phenoxy) is 1. The number of hydrogen-bond donors (Lipinski definition) is 1. The van der Waals surface area contributed by atoms with Gasteiger partial charge >= 0.3 is 5.97 Å². The number of imide groups is 1. The zero-order chi connectivity index (χ0) is 26.6. The van der Waals surface area contributed by atoms with Gasteiger partial charge in [0.05, 0.1) is 24.0 Å². The van der Waals surface area contributed by atoms with E-state index < -0.39 is 17.9 Å². The Kier molecular flexibility index (Phi) is 6.17. The molecule has 7 heteroatoms. The molecule has 2 saturated carbocycles. The van der Waals surface area contributed by atoms with Crippen LogP contribution in [-0.4, -0.2) is 41.2 Å². The first-order valence-corrected chi connectivity index (χ1v) is 13.5. The fourth-order valence-corrected chi connectivity index (χ4v) is 6.67. The Morgan fingerprint density at radius 1 is 0.921 bits per heavy atom. The van der Waals surface area contributed by atoms with Gasteiger partial charge in [0.25, 0.3) is 0 Å². The number of rotatable bonds is 8. The van der Waals surface area contributed by atoms with Crippen molar-refractivity contribution < 1.29 is 23.9 Å². The van der Waals surface area contributed by atoms with Crippen LogP contribution in [-0.2, 0) is 25.5 Å². The van der Waals surface area contributed by atoms with E-state index in [9.17, 15) is 19.2 Å². The molecule has 2 bridgehead atoms. The summed E-state index contributed by atoms with van der Waals surface area (Å²) in [7, 11) is 0. The molecule has 1 heterocycles. The van der Waals surface area contributed by atoms with Gasteiger partial charge in [0.2, 0.25) is 17.7 Å². The van der Waals surface area contributed by atoms with Gasteiger partial charge in [-0.2, -0.15) is 0 Å². The average Bonchev–Trinajstić information content (AvgIpc) is 3.70. The second kappa shape index (κ2) is 9.53. The van der Waals surface area contributed by atoms with Crippen molar-refractivity contribution in [3.63, 3.8) is 0 Å². The molecule has 1 saturated heterocycles. The molecule has 5 aliphatic rings. The van der Waals surface area contributed by atoms with Crippen LogP contribution >= 0.6 is 0 Å². The van der Waals surface area contributed by atoms with E-state index in [0.717, 1.165) is 12.0 Å². The Balaban J connectivity index is 1.23. The highest BCUT2D eigenvalue weighted by Crippen LogP contribution is 2.65. The number of benzene rings is 2. The van der Waals surface area contributed by atoms with E-state index in [1.165, 1.54) is 4.90 Å². The van der Waals surface area contributed by atoms with E-state index in [1.54, 1.807) is 24.3 Å². The second-order valence-corrected chi connectivity index (χ2v) is 11.5. The summed E-state index contributed by atoms with van der Waals surface area (Å²) in [6, 6.07) is 15.0. The molecule has 1 aliphatic heterocycles. The third-order valence-electron chi connectivity index (χ3n) is 8.52. The number of amides is 3. The first kappa shape index (κ1) is 24.6. The standard InChI is InChI=1S/C31H32N2O5/c1-17(2)16-38-31(37)19-8-10-20(11-9-19)32-28(34)25(14-18-6-4-3-5-7-18)33-29(35)26-21-12-13-22(24-15-23(21)24)27(26)30(33)36/h3-13,17,21-27H,14-16H2,1-2H3,(H,32,34)/t21-,22-,23-,24+,25-,26+,27+/m0/s1. The minimum absolute atomic E-state index is 0.0971. The molecule has 3 amide bonds. The molecule has 7 atom stereocenters. The van der Waals surface area contributed by atoms with Crippen LogP contribution in [0.15, 0.2) is 66.7 Å². The summed E-state index contributed by atoms with van der Waals surface area (Å²) in [4.78, 5) is 54.7. The highest BCUT2D eigenvalue weighted by atomic mass is 16.5. The monoisotopic (exact) mass is 512 g/mol. The summed E-state index contributed by atoms with van der Waals surface area (Å²) < 4.78 is 5.27. The number of nitrogens with one attached hydrogen (secondary N) is 1. The van der Waals surface area contributed by atoms with Gasteiger partial charge in [-0.3, -0.25) is 19.3 Å². The third-order valence-corrected chi connectivity index (χ3v) is 8.52. The Hall–Kier alpha value is -3.74. The molecule has 2 aromatic rings. The lowest BCUT2D eigenvalue weighted by molar-refractivity contribution is -0.146. The summed E-state index contributed by atoms with van der Waals surface area (Å²) in [5, 5.41) is 2.88. The highest BCUT2D eigenvalue weighted by molar-refractivity contribution is 6.10. The largest absolute Gasteiger partial charge is 0.462 e. The van der Waals surface area contributed by atoms with Crippen LogP contribution in [0.3, 0.4) is 0 Å². The third kappa shape index (κ3) is 4.24. The molecule has 0 radical (unpaired) electrons. The Labute approximate surface area is 222 Å². The predicted octanol–water partition coefficient (Wildman–Crippen LogP) is 4.10. The van der Waals surface area contributed by atoms with Gasteiger partial charge in [0.15, 0.2) is 0 Å². The molecule has 1 N–H and O–H groups in total. The number of allylic oxidation sites excluding steroid dienone is 2. The molecule has 7 nitrogen and oxygen atoms in total. The van der Waals surface area contributed by atoms with Crippen LogP contribution in [0.5, 0.6) is 0 Å². The lowest BCUT2D eigenvalue weighted by atomic mass is 9.63. The van der Waals surface area contributed by atoms with Gasteiger partial charge < -0.3 is 10.1 Å². The molecule has 196 valence electrons. The molecule has 0 unspecified atom stereocenters. The van der Waals surface area contributed by atoms with Crippen LogP contribution in [0.4, 0.5) is 5.69 Å². The normalized spacial score (nSPS) is 29.2. The van der Waals surface area contributed by atoms with Crippen molar-refractivity contribution in [2.75, 3.05) is 11.9 Å². The van der Waals surface area contributed by atoms with Gasteiger partial charge in [-0.25, -0.2) is 4.79 Å². The summed E-state index contributed by atoms with van der Waals surface area (Å²) in [5.74, 6) is -0.578. The lowest BCUT2D eigenvalue weighted by Gasteiger charge is -2.37. The summed E-state index contributed by atoms with van der Waals surface area (Å²) in [5.41, 5.74) is 1.74. The van der Waals surface area contributed by atoms with Crippen LogP contribution in [0.2, 0.25) is 0 Å². The van der Waals surface area contributed by atoms with Crippen molar-refractivity contribution in [2.24, 2.45) is 41.4 Å². The molecule has 2 aromatic carbocycles. The van der Waals surface area contributed by atoms with Crippen molar-refractivity contribution >= 4 is 29.4 Å². The molecule has 0 spiro atoms. The van der Waals surface area contributed by atoms with Crippen molar-refractivity contribution in [1.82, 2.24) is 4.90 Å². The predicted molar refractivity (Wildman–Crippen MR) is 141 cm³/mol. The van der Waals surface area contributed by atoms with Crippen molar-refractivity contribution in [2.45, 2.75) is 32.7 Å². The maximum absolute atomic E-state index is 13.8. The molecule has 0 aromatic heterocycles. The van der Waals surface area contributed by atoms with Gasteiger partial charge in [0, 0.05) is 12.1 Å². The number of carbonyl (C=O) groups excluding carboxylic acids is 4. The summed E-state index contributed by atoms with van der Waals surface area (Å²) >= 11 is 0. The number of carbonyl (C=O) groups is 4. The van der Waals surface area contributed by atoms with E-state index in [1.807, 2.05) is 44.2 Å². The molecule has 3 fully saturated rings. The molecule has 7 rings (SSSR count). The van der Waals surface area contributed by atoms with Gasteiger partial charge in [-0.05, 0) is 65.8 Å². The maximum atomic E-state index is 13.8. The zero-order valence-corrected chi connectivity index (χ0v) is 21.6. The molecule has 4 aliphatic carbocycles. The van der Waals surface area contributed by atoms with E-state index >= 15 is 0 Å². The van der Waals surface area contributed by atoms with E-state index in [0.29, 0.717) is 29.7 Å². The SMILES string of the molecule is CC(C)COC(=O)c1ccc(NC(=O)[C@H](Cc2ccccc2)N2C(=O)[C@@H]3[C@H]4C=C[C@@H]([C@@H]5C[C@H]45)[C@H]3C2=O)cc1. The quantitative estimate of drug-likeness (QED) is 0.327.